The summed E-state index contributed by atoms with van der Waals surface area (Å²) in [5.74, 6) is 0. The molecule has 1 aromatic heterocycles. The van der Waals surface area contributed by atoms with Crippen molar-refractivity contribution in [2.24, 2.45) is 5.73 Å². The fraction of sp³-hybridized carbons (Fsp3) is 0.400. The van der Waals surface area contributed by atoms with E-state index in [0.29, 0.717) is 0 Å². The molecule has 1 unspecified atom stereocenters. The first-order chi connectivity index (χ1) is 8.38. The van der Waals surface area contributed by atoms with E-state index in [2.05, 4.69) is 62.3 Å². The molecule has 0 fully saturated rings. The maximum absolute atomic E-state index is 6.27. The van der Waals surface area contributed by atoms with Crippen LogP contribution in [0.3, 0.4) is 0 Å². The molecular weight excluding hydrogens is 240 g/mol. The molecule has 0 bridgehead atoms. The molecule has 0 spiro atoms. The average Bonchev–Trinajstić information content (AvgIpc) is 2.78. The van der Waals surface area contributed by atoms with Crippen LogP contribution in [-0.2, 0) is 5.41 Å². The van der Waals surface area contributed by atoms with Crippen molar-refractivity contribution in [3.8, 4) is 0 Å². The molecule has 1 atom stereocenters. The van der Waals surface area contributed by atoms with Gasteiger partial charge >= 0.3 is 0 Å². The smallest absolute Gasteiger partial charge is 0.114 e. The molecule has 0 aliphatic heterocycles. The number of rotatable bonds is 2. The molecule has 2 N–H and O–H groups in total. The second-order valence-corrected chi connectivity index (χ2v) is 6.60. The van der Waals surface area contributed by atoms with Crippen molar-refractivity contribution < 1.29 is 0 Å². The Morgan fingerprint density at radius 2 is 1.78 bits per heavy atom. The van der Waals surface area contributed by atoms with E-state index in [1.165, 1.54) is 5.56 Å². The Balaban J connectivity index is 2.26. The van der Waals surface area contributed by atoms with E-state index >= 15 is 0 Å². The summed E-state index contributed by atoms with van der Waals surface area (Å²) in [6.07, 6.45) is 0. The predicted octanol–water partition coefficient (Wildman–Crippen LogP) is 3.80. The Bertz CT molecular complexity index is 520. The van der Waals surface area contributed by atoms with Gasteiger partial charge in [-0.2, -0.15) is 0 Å². The molecule has 0 radical (unpaired) electrons. The van der Waals surface area contributed by atoms with Gasteiger partial charge in [0.15, 0.2) is 0 Å². The van der Waals surface area contributed by atoms with Crippen LogP contribution in [0.5, 0.6) is 0 Å². The fourth-order valence-electron chi connectivity index (χ4n) is 1.69. The first-order valence-electron chi connectivity index (χ1n) is 6.16. The van der Waals surface area contributed by atoms with Crippen molar-refractivity contribution in [1.82, 2.24) is 4.98 Å². The van der Waals surface area contributed by atoms with Gasteiger partial charge in [0.05, 0.1) is 11.7 Å². The zero-order chi connectivity index (χ0) is 13.3. The summed E-state index contributed by atoms with van der Waals surface area (Å²) in [7, 11) is 0. The third-order valence-electron chi connectivity index (χ3n) is 2.99. The first kappa shape index (κ1) is 13.2. The number of hydrogen-bond donors (Lipinski definition) is 1. The van der Waals surface area contributed by atoms with E-state index in [4.69, 9.17) is 5.73 Å². The predicted molar refractivity (Wildman–Crippen MR) is 78.0 cm³/mol. The molecule has 18 heavy (non-hydrogen) atoms. The van der Waals surface area contributed by atoms with Crippen molar-refractivity contribution >= 4 is 11.3 Å². The number of hydrogen-bond acceptors (Lipinski definition) is 3. The Morgan fingerprint density at radius 3 is 2.28 bits per heavy atom. The minimum atomic E-state index is -0.119. The zero-order valence-electron chi connectivity index (χ0n) is 11.4. The lowest BCUT2D eigenvalue weighted by Crippen LogP contribution is -2.15. The normalized spacial score (nSPS) is 13.6. The molecule has 0 saturated carbocycles. The van der Waals surface area contributed by atoms with Crippen LogP contribution < -0.4 is 5.73 Å². The topological polar surface area (TPSA) is 38.9 Å². The highest BCUT2D eigenvalue weighted by molar-refractivity contribution is 7.09. The number of thiazole rings is 1. The number of benzene rings is 1. The summed E-state index contributed by atoms with van der Waals surface area (Å²) in [5.41, 5.74) is 9.84. The monoisotopic (exact) mass is 260 g/mol. The summed E-state index contributed by atoms with van der Waals surface area (Å²) in [6, 6.07) is 8.23. The number of nitrogens with two attached hydrogens (primary N) is 1. The standard InChI is InChI=1S/C15H20N2S/c1-10-5-7-11(8-6-10)13(16)14-17-12(9-18-14)15(2,3)4/h5-9,13H,16H2,1-4H3. The van der Waals surface area contributed by atoms with E-state index in [1.807, 2.05) is 0 Å². The van der Waals surface area contributed by atoms with Crippen LogP contribution in [0.2, 0.25) is 0 Å². The van der Waals surface area contributed by atoms with E-state index in [1.54, 1.807) is 11.3 Å². The molecule has 2 rings (SSSR count). The number of aryl methyl sites for hydroxylation is 1. The molecule has 0 aliphatic carbocycles. The molecule has 1 aromatic carbocycles. The van der Waals surface area contributed by atoms with Crippen molar-refractivity contribution in [3.63, 3.8) is 0 Å². The largest absolute Gasteiger partial charge is 0.318 e. The Morgan fingerprint density at radius 1 is 1.17 bits per heavy atom. The fourth-order valence-corrected chi connectivity index (χ4v) is 2.76. The Kier molecular flexibility index (Phi) is 3.55. The maximum atomic E-state index is 6.27. The highest BCUT2D eigenvalue weighted by Gasteiger charge is 2.20. The van der Waals surface area contributed by atoms with Gasteiger partial charge in [0.1, 0.15) is 5.01 Å². The van der Waals surface area contributed by atoms with Crippen LogP contribution in [0.25, 0.3) is 0 Å². The summed E-state index contributed by atoms with van der Waals surface area (Å²) in [6.45, 7) is 8.59. The van der Waals surface area contributed by atoms with Crippen LogP contribution in [0, 0.1) is 6.92 Å². The van der Waals surface area contributed by atoms with Crippen LogP contribution >= 0.6 is 11.3 Å². The van der Waals surface area contributed by atoms with Gasteiger partial charge in [0.2, 0.25) is 0 Å². The Labute approximate surface area is 113 Å². The van der Waals surface area contributed by atoms with Crippen molar-refractivity contribution in [2.45, 2.75) is 39.2 Å². The van der Waals surface area contributed by atoms with Crippen molar-refractivity contribution in [1.29, 1.82) is 0 Å². The number of aromatic nitrogens is 1. The summed E-state index contributed by atoms with van der Waals surface area (Å²) in [5, 5.41) is 3.10. The van der Waals surface area contributed by atoms with Gasteiger partial charge in [0, 0.05) is 10.8 Å². The molecule has 2 nitrogen and oxygen atoms in total. The third-order valence-corrected chi connectivity index (χ3v) is 3.92. The van der Waals surface area contributed by atoms with E-state index in [9.17, 15) is 0 Å². The lowest BCUT2D eigenvalue weighted by molar-refractivity contribution is 0.569. The third kappa shape index (κ3) is 2.79. The van der Waals surface area contributed by atoms with Gasteiger partial charge in [-0.05, 0) is 12.5 Å². The minimum absolute atomic E-state index is 0.0851. The highest BCUT2D eigenvalue weighted by atomic mass is 32.1. The van der Waals surface area contributed by atoms with E-state index < -0.39 is 0 Å². The van der Waals surface area contributed by atoms with E-state index in [-0.39, 0.29) is 11.5 Å². The summed E-state index contributed by atoms with van der Waals surface area (Å²) < 4.78 is 0. The molecule has 0 aliphatic rings. The molecule has 0 saturated heterocycles. The quantitative estimate of drug-likeness (QED) is 0.892. The van der Waals surface area contributed by atoms with Crippen LogP contribution in [0.4, 0.5) is 0 Å². The highest BCUT2D eigenvalue weighted by Crippen LogP contribution is 2.28. The molecule has 96 valence electrons. The number of nitrogens with zero attached hydrogens (tertiary/aromatic N) is 1. The van der Waals surface area contributed by atoms with E-state index in [0.717, 1.165) is 16.3 Å². The van der Waals surface area contributed by atoms with Gasteiger partial charge in [-0.25, -0.2) is 4.98 Å². The molecule has 2 aromatic rings. The second-order valence-electron chi connectivity index (χ2n) is 5.71. The first-order valence-corrected chi connectivity index (χ1v) is 7.04. The van der Waals surface area contributed by atoms with Crippen LogP contribution in [-0.4, -0.2) is 4.98 Å². The molecule has 1 heterocycles. The van der Waals surface area contributed by atoms with Crippen LogP contribution in [0.1, 0.15) is 48.6 Å². The lowest BCUT2D eigenvalue weighted by atomic mass is 9.93. The van der Waals surface area contributed by atoms with Gasteiger partial charge in [-0.3, -0.25) is 0 Å². The maximum Gasteiger partial charge on any atom is 0.114 e. The van der Waals surface area contributed by atoms with Crippen molar-refractivity contribution in [2.75, 3.05) is 0 Å². The van der Waals surface area contributed by atoms with Crippen molar-refractivity contribution in [3.05, 3.63) is 51.5 Å². The van der Waals surface area contributed by atoms with Gasteiger partial charge in [-0.1, -0.05) is 50.6 Å². The molecular formula is C15H20N2S. The van der Waals surface area contributed by atoms with Crippen LogP contribution in [0.15, 0.2) is 29.6 Å². The van der Waals surface area contributed by atoms with Gasteiger partial charge in [0.25, 0.3) is 0 Å². The Hall–Kier alpha value is -1.19. The average molecular weight is 260 g/mol. The zero-order valence-corrected chi connectivity index (χ0v) is 12.2. The second kappa shape index (κ2) is 4.82. The minimum Gasteiger partial charge on any atom is -0.318 e. The lowest BCUT2D eigenvalue weighted by Gasteiger charge is -2.15. The van der Waals surface area contributed by atoms with Gasteiger partial charge < -0.3 is 5.73 Å². The van der Waals surface area contributed by atoms with Gasteiger partial charge in [-0.15, -0.1) is 11.3 Å². The SMILES string of the molecule is Cc1ccc(C(N)c2nc(C(C)(C)C)cs2)cc1. The summed E-state index contributed by atoms with van der Waals surface area (Å²) >= 11 is 1.65. The summed E-state index contributed by atoms with van der Waals surface area (Å²) in [4.78, 5) is 4.67. The molecule has 3 heteroatoms. The molecule has 0 amide bonds.